The Bertz CT molecular complexity index is 1800. The number of carbonyl (C=O) groups is 2. The summed E-state index contributed by atoms with van der Waals surface area (Å²) in [6, 6.07) is 19.3. The fraction of sp³-hybridized carbons (Fsp3) is 0.475. The highest BCUT2D eigenvalue weighted by molar-refractivity contribution is 6.00. The van der Waals surface area contributed by atoms with Gasteiger partial charge in [-0.1, -0.05) is 30.7 Å². The predicted molar refractivity (Wildman–Crippen MR) is 196 cm³/mol. The number of amides is 1. The number of para-hydroxylation sites is 2. The Morgan fingerprint density at radius 3 is 2.31 bits per heavy atom. The Balaban J connectivity index is 1.26. The maximum Gasteiger partial charge on any atom is 0.254 e. The first-order chi connectivity index (χ1) is 24.9. The molecule has 3 heterocycles. The van der Waals surface area contributed by atoms with Gasteiger partial charge in [-0.15, -0.1) is 0 Å². The van der Waals surface area contributed by atoms with Crippen molar-refractivity contribution >= 4 is 22.7 Å². The summed E-state index contributed by atoms with van der Waals surface area (Å²) in [6.45, 7) is 6.36. The van der Waals surface area contributed by atoms with Gasteiger partial charge in [-0.2, -0.15) is 0 Å². The van der Waals surface area contributed by atoms with Crippen molar-refractivity contribution in [2.24, 2.45) is 0 Å². The van der Waals surface area contributed by atoms with E-state index in [1.807, 2.05) is 52.8 Å². The molecule has 2 fully saturated rings. The molecule has 3 aromatic carbocycles. The number of likely N-dealkylation sites (tertiary alicyclic amines) is 2. The van der Waals surface area contributed by atoms with Gasteiger partial charge in [-0.3, -0.25) is 14.5 Å². The van der Waals surface area contributed by atoms with Crippen LogP contribution < -0.4 is 18.9 Å². The molecule has 0 N–H and O–H groups in total. The highest BCUT2D eigenvalue weighted by atomic mass is 16.5. The summed E-state index contributed by atoms with van der Waals surface area (Å²) in [5.41, 5.74) is 3.08. The van der Waals surface area contributed by atoms with E-state index >= 15 is 0 Å². The van der Waals surface area contributed by atoms with Gasteiger partial charge in [0.1, 0.15) is 5.75 Å². The largest absolute Gasteiger partial charge is 0.497 e. The van der Waals surface area contributed by atoms with Crippen LogP contribution in [0, 0.1) is 0 Å². The normalized spacial score (nSPS) is 19.3. The molecule has 0 radical (unpaired) electrons. The summed E-state index contributed by atoms with van der Waals surface area (Å²) in [5.74, 6) is 2.57. The van der Waals surface area contributed by atoms with Crippen LogP contribution in [0.1, 0.15) is 65.6 Å². The number of ether oxygens (including phenoxy) is 5. The monoisotopic (exact) mass is 698 g/mol. The molecule has 2 aliphatic heterocycles. The zero-order chi connectivity index (χ0) is 36.0. The van der Waals surface area contributed by atoms with Gasteiger partial charge >= 0.3 is 0 Å². The Hall–Kier alpha value is -4.61. The molecule has 51 heavy (non-hydrogen) atoms. The van der Waals surface area contributed by atoms with Crippen molar-refractivity contribution in [3.8, 4) is 23.0 Å². The van der Waals surface area contributed by atoms with E-state index < -0.39 is 0 Å². The topological polar surface area (TPSA) is 105 Å². The number of aromatic nitrogens is 2. The van der Waals surface area contributed by atoms with E-state index in [9.17, 15) is 9.59 Å². The van der Waals surface area contributed by atoms with Crippen molar-refractivity contribution in [1.82, 2.24) is 19.4 Å². The molecule has 2 unspecified atom stereocenters. The number of imidazole rings is 1. The lowest BCUT2D eigenvalue weighted by Crippen LogP contribution is -2.47. The highest BCUT2D eigenvalue weighted by Gasteiger charge is 2.43. The van der Waals surface area contributed by atoms with E-state index in [4.69, 9.17) is 28.7 Å². The Labute approximate surface area is 300 Å². The highest BCUT2D eigenvalue weighted by Crippen LogP contribution is 2.42. The molecule has 0 bridgehead atoms. The van der Waals surface area contributed by atoms with E-state index in [0.717, 1.165) is 61.0 Å². The van der Waals surface area contributed by atoms with Gasteiger partial charge in [-0.25, -0.2) is 4.98 Å². The molecule has 4 aromatic rings. The Morgan fingerprint density at radius 2 is 1.63 bits per heavy atom. The van der Waals surface area contributed by atoms with Crippen LogP contribution in [0.2, 0.25) is 0 Å². The quantitative estimate of drug-likeness (QED) is 0.109. The smallest absolute Gasteiger partial charge is 0.254 e. The second-order valence-corrected chi connectivity index (χ2v) is 13.3. The molecule has 11 nitrogen and oxygen atoms in total. The van der Waals surface area contributed by atoms with Crippen molar-refractivity contribution in [3.05, 3.63) is 77.6 Å². The molecule has 272 valence electrons. The first-order valence-electron chi connectivity index (χ1n) is 17.9. The summed E-state index contributed by atoms with van der Waals surface area (Å²) in [6.07, 6.45) is 4.38. The number of nitrogens with zero attached hydrogens (tertiary/aromatic N) is 4. The molecule has 2 atom stereocenters. The van der Waals surface area contributed by atoms with Crippen LogP contribution in [0.15, 0.2) is 60.7 Å². The number of hydrogen-bond donors (Lipinski definition) is 0. The minimum absolute atomic E-state index is 0.0616. The predicted octanol–water partition coefficient (Wildman–Crippen LogP) is 6.02. The average Bonchev–Trinajstić information content (AvgIpc) is 3.79. The van der Waals surface area contributed by atoms with Gasteiger partial charge < -0.3 is 33.2 Å². The Morgan fingerprint density at radius 1 is 0.882 bits per heavy atom. The summed E-state index contributed by atoms with van der Waals surface area (Å²) in [7, 11) is 6.30. The van der Waals surface area contributed by atoms with Crippen molar-refractivity contribution in [2.45, 2.75) is 57.0 Å². The number of piperidine rings is 1. The maximum atomic E-state index is 14.4. The molecular weight excluding hydrogens is 648 g/mol. The number of Topliss-reactive ketones (excluding diaryl/α,β-unsaturated/α-hetero) is 1. The van der Waals surface area contributed by atoms with Gasteiger partial charge in [-0.05, 0) is 87.7 Å². The van der Waals surface area contributed by atoms with Crippen LogP contribution in [-0.4, -0.2) is 105 Å². The molecule has 2 saturated heterocycles. The number of fused-ring (bicyclic) bond motifs is 1. The summed E-state index contributed by atoms with van der Waals surface area (Å²) in [5, 5.41) is 0. The molecule has 0 aliphatic carbocycles. The molecule has 1 aromatic heterocycles. The molecule has 11 heteroatoms. The van der Waals surface area contributed by atoms with Crippen LogP contribution in [-0.2, 0) is 16.7 Å². The third-order valence-corrected chi connectivity index (χ3v) is 10.6. The second kappa shape index (κ2) is 16.2. The minimum Gasteiger partial charge on any atom is -0.497 e. The Kier molecular flexibility index (Phi) is 11.5. The van der Waals surface area contributed by atoms with E-state index in [2.05, 4.69) is 17.0 Å². The van der Waals surface area contributed by atoms with Crippen LogP contribution in [0.5, 0.6) is 23.0 Å². The molecule has 0 saturated carbocycles. The number of rotatable bonds is 15. The SMILES string of the molecule is CCOCCn1c(C(=O)C2CCCCN2CCC2(c3ccc(OC)cc3)CCN(C(=O)c3cc(OC)c(OC)c(OC)c3)C2)nc2ccccc21. The molecule has 6 rings (SSSR count). The van der Waals surface area contributed by atoms with Crippen LogP contribution in [0.3, 0.4) is 0 Å². The van der Waals surface area contributed by atoms with Gasteiger partial charge in [0.2, 0.25) is 11.5 Å². The van der Waals surface area contributed by atoms with Crippen molar-refractivity contribution in [2.75, 3.05) is 67.8 Å². The van der Waals surface area contributed by atoms with E-state index in [0.29, 0.717) is 68.0 Å². The minimum atomic E-state index is -0.321. The van der Waals surface area contributed by atoms with Gasteiger partial charge in [0.15, 0.2) is 17.3 Å². The van der Waals surface area contributed by atoms with Crippen LogP contribution >= 0.6 is 0 Å². The summed E-state index contributed by atoms with van der Waals surface area (Å²) >= 11 is 0. The number of ketones is 1. The standard InChI is InChI=1S/C40H50N4O7/c1-6-51-24-23-44-32-12-8-7-11-31(32)41-38(44)36(45)33-13-9-10-20-42(33)21-18-40(29-14-16-30(47-2)17-15-29)19-22-43(27-40)39(46)28-25-34(48-3)37(50-5)35(26-28)49-4/h7-8,11-12,14-17,25-26,33H,6,9-10,13,18-24,27H2,1-5H3. The first-order valence-corrected chi connectivity index (χ1v) is 17.9. The van der Waals surface area contributed by atoms with E-state index in [1.165, 1.54) is 0 Å². The lowest BCUT2D eigenvalue weighted by atomic mass is 9.76. The summed E-state index contributed by atoms with van der Waals surface area (Å²) in [4.78, 5) is 37.7. The van der Waals surface area contributed by atoms with Crippen molar-refractivity contribution < 1.29 is 33.3 Å². The first kappa shape index (κ1) is 36.2. The number of hydrogen-bond acceptors (Lipinski definition) is 9. The molecule has 2 aliphatic rings. The zero-order valence-corrected chi connectivity index (χ0v) is 30.5. The third kappa shape index (κ3) is 7.41. The van der Waals surface area contributed by atoms with Gasteiger partial charge in [0, 0.05) is 37.2 Å². The third-order valence-electron chi connectivity index (χ3n) is 10.6. The molecule has 1 amide bonds. The maximum absolute atomic E-state index is 14.4. The van der Waals surface area contributed by atoms with Crippen molar-refractivity contribution in [1.29, 1.82) is 0 Å². The number of methoxy groups -OCH3 is 4. The molecule has 0 spiro atoms. The van der Waals surface area contributed by atoms with Crippen LogP contribution in [0.4, 0.5) is 0 Å². The molecular formula is C40H50N4O7. The average molecular weight is 699 g/mol. The van der Waals surface area contributed by atoms with Gasteiger partial charge in [0.25, 0.3) is 5.91 Å². The fourth-order valence-electron chi connectivity index (χ4n) is 7.81. The lowest BCUT2D eigenvalue weighted by molar-refractivity contribution is 0.0704. The van der Waals surface area contributed by atoms with E-state index in [1.54, 1.807) is 40.6 Å². The zero-order valence-electron chi connectivity index (χ0n) is 30.5. The van der Waals surface area contributed by atoms with Crippen LogP contribution in [0.25, 0.3) is 11.0 Å². The summed E-state index contributed by atoms with van der Waals surface area (Å²) < 4.78 is 29.8. The lowest BCUT2D eigenvalue weighted by Gasteiger charge is -2.38. The number of carbonyl (C=O) groups excluding carboxylic acids is 2. The number of benzene rings is 3. The van der Waals surface area contributed by atoms with E-state index in [-0.39, 0.29) is 23.1 Å². The van der Waals surface area contributed by atoms with Gasteiger partial charge in [0.05, 0.1) is 52.1 Å². The fourth-order valence-corrected chi connectivity index (χ4v) is 7.81. The second-order valence-electron chi connectivity index (χ2n) is 13.3. The van der Waals surface area contributed by atoms with Crippen molar-refractivity contribution in [3.63, 3.8) is 0 Å².